The smallest absolute Gasteiger partial charge is 0.0546 e. The molecule has 0 aliphatic heterocycles. The highest BCUT2D eigenvalue weighted by atomic mass is 16.3. The van der Waals surface area contributed by atoms with Crippen LogP contribution in [0.3, 0.4) is 0 Å². The quantitative estimate of drug-likeness (QED) is 0.700. The summed E-state index contributed by atoms with van der Waals surface area (Å²) in [4.78, 5) is 0. The van der Waals surface area contributed by atoms with Gasteiger partial charge in [-0.2, -0.15) is 0 Å². The average molecular weight is 250 g/mol. The molecule has 0 radical (unpaired) electrons. The summed E-state index contributed by atoms with van der Waals surface area (Å²) in [6.07, 6.45) is 10.9. The van der Waals surface area contributed by atoms with Crippen molar-refractivity contribution in [1.29, 1.82) is 0 Å². The van der Waals surface area contributed by atoms with Gasteiger partial charge in [0.05, 0.1) is 6.10 Å². The molecule has 0 amide bonds. The van der Waals surface area contributed by atoms with Gasteiger partial charge in [-0.3, -0.25) is 0 Å². The summed E-state index contributed by atoms with van der Waals surface area (Å²) >= 11 is 0. The van der Waals surface area contributed by atoms with Crippen LogP contribution in [0, 0.1) is 17.3 Å². The molecule has 104 valence electrons. The standard InChI is InChI=1S/C17H30O/c1-13-11-12-14(2)17(4,5)16(13)10-8-6-7-9-15(3)18/h6-7,11,14-16,18H,8-10,12H2,1-5H3. The van der Waals surface area contributed by atoms with Gasteiger partial charge in [0, 0.05) is 0 Å². The van der Waals surface area contributed by atoms with Gasteiger partial charge >= 0.3 is 0 Å². The van der Waals surface area contributed by atoms with Gasteiger partial charge in [-0.05, 0) is 56.8 Å². The Labute approximate surface area is 113 Å². The van der Waals surface area contributed by atoms with Crippen molar-refractivity contribution < 1.29 is 5.11 Å². The molecule has 0 spiro atoms. The summed E-state index contributed by atoms with van der Waals surface area (Å²) in [7, 11) is 0. The first-order valence-corrected chi connectivity index (χ1v) is 7.35. The second-order valence-corrected chi connectivity index (χ2v) is 6.59. The second-order valence-electron chi connectivity index (χ2n) is 6.59. The molecule has 1 nitrogen and oxygen atoms in total. The van der Waals surface area contributed by atoms with Gasteiger partial charge in [-0.25, -0.2) is 0 Å². The van der Waals surface area contributed by atoms with Crippen LogP contribution in [0.4, 0.5) is 0 Å². The first-order valence-electron chi connectivity index (χ1n) is 7.35. The molecule has 1 aliphatic rings. The zero-order valence-corrected chi connectivity index (χ0v) is 12.7. The molecule has 1 heteroatoms. The fraction of sp³-hybridized carbons (Fsp3) is 0.765. The number of aliphatic hydroxyl groups excluding tert-OH is 1. The fourth-order valence-corrected chi connectivity index (χ4v) is 3.01. The van der Waals surface area contributed by atoms with Crippen molar-refractivity contribution in [3.63, 3.8) is 0 Å². The summed E-state index contributed by atoms with van der Waals surface area (Å²) in [5, 5.41) is 9.20. The SMILES string of the molecule is CC1=CCC(C)C(C)(C)C1CCC=CCC(C)O. The van der Waals surface area contributed by atoms with Gasteiger partial charge in [-0.1, -0.05) is 44.6 Å². The lowest BCUT2D eigenvalue weighted by Gasteiger charge is -2.43. The van der Waals surface area contributed by atoms with Crippen molar-refractivity contribution in [1.82, 2.24) is 0 Å². The Kier molecular flexibility index (Phi) is 5.65. The zero-order chi connectivity index (χ0) is 13.8. The maximum Gasteiger partial charge on any atom is 0.0546 e. The Morgan fingerprint density at radius 1 is 1.44 bits per heavy atom. The van der Waals surface area contributed by atoms with Crippen LogP contribution in [0.1, 0.15) is 60.3 Å². The molecule has 18 heavy (non-hydrogen) atoms. The number of hydrogen-bond acceptors (Lipinski definition) is 1. The van der Waals surface area contributed by atoms with Gasteiger partial charge in [0.2, 0.25) is 0 Å². The molecule has 0 saturated carbocycles. The molecule has 1 rings (SSSR count). The Morgan fingerprint density at radius 3 is 2.72 bits per heavy atom. The van der Waals surface area contributed by atoms with Gasteiger partial charge in [-0.15, -0.1) is 0 Å². The van der Waals surface area contributed by atoms with Gasteiger partial charge in [0.15, 0.2) is 0 Å². The number of hydrogen-bond donors (Lipinski definition) is 1. The average Bonchev–Trinajstić information content (AvgIpc) is 2.27. The van der Waals surface area contributed by atoms with Crippen LogP contribution in [0.2, 0.25) is 0 Å². The fourth-order valence-electron chi connectivity index (χ4n) is 3.01. The minimum absolute atomic E-state index is 0.214. The van der Waals surface area contributed by atoms with Crippen molar-refractivity contribution >= 4 is 0 Å². The molecular formula is C17H30O. The van der Waals surface area contributed by atoms with E-state index in [4.69, 9.17) is 0 Å². The molecule has 1 N–H and O–H groups in total. The van der Waals surface area contributed by atoms with Crippen molar-refractivity contribution in [3.8, 4) is 0 Å². The van der Waals surface area contributed by atoms with E-state index in [1.54, 1.807) is 5.57 Å². The van der Waals surface area contributed by atoms with Gasteiger partial charge in [0.25, 0.3) is 0 Å². The monoisotopic (exact) mass is 250 g/mol. The van der Waals surface area contributed by atoms with Crippen LogP contribution in [-0.2, 0) is 0 Å². The molecule has 1 aliphatic carbocycles. The Morgan fingerprint density at radius 2 is 2.11 bits per heavy atom. The zero-order valence-electron chi connectivity index (χ0n) is 12.7. The van der Waals surface area contributed by atoms with E-state index >= 15 is 0 Å². The Bertz CT molecular complexity index is 310. The number of aliphatic hydroxyl groups is 1. The van der Waals surface area contributed by atoms with Crippen LogP contribution in [0.15, 0.2) is 23.8 Å². The van der Waals surface area contributed by atoms with Gasteiger partial charge < -0.3 is 5.11 Å². The molecule has 3 unspecified atom stereocenters. The third-order valence-electron chi connectivity index (χ3n) is 4.78. The first-order chi connectivity index (χ1) is 8.35. The van der Waals surface area contributed by atoms with E-state index < -0.39 is 0 Å². The molecule has 0 saturated heterocycles. The van der Waals surface area contributed by atoms with Crippen molar-refractivity contribution in [2.24, 2.45) is 17.3 Å². The number of rotatable bonds is 5. The summed E-state index contributed by atoms with van der Waals surface area (Å²) in [5.41, 5.74) is 1.98. The highest BCUT2D eigenvalue weighted by molar-refractivity contribution is 5.14. The van der Waals surface area contributed by atoms with Crippen LogP contribution in [-0.4, -0.2) is 11.2 Å². The molecule has 0 fully saturated rings. The topological polar surface area (TPSA) is 20.2 Å². The molecule has 3 atom stereocenters. The van der Waals surface area contributed by atoms with E-state index in [9.17, 15) is 5.11 Å². The first kappa shape index (κ1) is 15.5. The molecule has 0 aromatic carbocycles. The summed E-state index contributed by atoms with van der Waals surface area (Å²) in [6, 6.07) is 0. The second kappa shape index (κ2) is 6.56. The largest absolute Gasteiger partial charge is 0.393 e. The predicted octanol–water partition coefficient (Wildman–Crippen LogP) is 4.72. The van der Waals surface area contributed by atoms with Crippen LogP contribution in [0.5, 0.6) is 0 Å². The Hall–Kier alpha value is -0.560. The summed E-state index contributed by atoms with van der Waals surface area (Å²) in [5.74, 6) is 1.48. The van der Waals surface area contributed by atoms with E-state index in [2.05, 4.69) is 45.9 Å². The van der Waals surface area contributed by atoms with E-state index in [0.29, 0.717) is 11.3 Å². The molecule has 0 heterocycles. The normalized spacial score (nSPS) is 29.3. The summed E-state index contributed by atoms with van der Waals surface area (Å²) < 4.78 is 0. The van der Waals surface area contributed by atoms with E-state index in [0.717, 1.165) is 18.8 Å². The maximum absolute atomic E-state index is 9.20. The van der Waals surface area contributed by atoms with Crippen molar-refractivity contribution in [3.05, 3.63) is 23.8 Å². The maximum atomic E-state index is 9.20. The summed E-state index contributed by atoms with van der Waals surface area (Å²) in [6.45, 7) is 11.3. The van der Waals surface area contributed by atoms with E-state index in [1.807, 2.05) is 6.92 Å². The van der Waals surface area contributed by atoms with Crippen LogP contribution in [0.25, 0.3) is 0 Å². The lowest BCUT2D eigenvalue weighted by Crippen LogP contribution is -2.34. The van der Waals surface area contributed by atoms with Crippen molar-refractivity contribution in [2.75, 3.05) is 0 Å². The minimum atomic E-state index is -0.214. The lowest BCUT2D eigenvalue weighted by molar-refractivity contribution is 0.131. The van der Waals surface area contributed by atoms with Crippen LogP contribution < -0.4 is 0 Å². The predicted molar refractivity (Wildman–Crippen MR) is 79.5 cm³/mol. The molecule has 0 bridgehead atoms. The van der Waals surface area contributed by atoms with Gasteiger partial charge in [0.1, 0.15) is 0 Å². The lowest BCUT2D eigenvalue weighted by atomic mass is 9.62. The highest BCUT2D eigenvalue weighted by Crippen LogP contribution is 2.46. The third kappa shape index (κ3) is 3.98. The molecule has 0 aromatic heterocycles. The molecule has 0 aromatic rings. The third-order valence-corrected chi connectivity index (χ3v) is 4.78. The number of allylic oxidation sites excluding steroid dienone is 3. The van der Waals surface area contributed by atoms with Crippen LogP contribution >= 0.6 is 0 Å². The molecular weight excluding hydrogens is 220 g/mol. The highest BCUT2D eigenvalue weighted by Gasteiger charge is 2.37. The van der Waals surface area contributed by atoms with E-state index in [1.165, 1.54) is 12.8 Å². The Balaban J connectivity index is 2.51. The minimum Gasteiger partial charge on any atom is -0.393 e. The van der Waals surface area contributed by atoms with Crippen molar-refractivity contribution in [2.45, 2.75) is 66.4 Å². The van der Waals surface area contributed by atoms with E-state index in [-0.39, 0.29) is 6.10 Å².